The molecule has 2 aromatic rings. The Labute approximate surface area is 361 Å². The molecule has 0 amide bonds. The molecule has 6 rings (SSSR count). The van der Waals surface area contributed by atoms with Crippen LogP contribution in [0, 0.1) is 23.2 Å². The quantitative estimate of drug-likeness (QED) is 0.277. The lowest BCUT2D eigenvalue weighted by atomic mass is 9.45. The van der Waals surface area contributed by atoms with Crippen molar-refractivity contribution in [2.24, 2.45) is 30.2 Å². The number of carbonyl (C=O) groups excluding carboxylic acids is 7. The molecule has 2 aliphatic heterocycles. The first-order chi connectivity index (χ1) is 29.4. The van der Waals surface area contributed by atoms with Crippen molar-refractivity contribution >= 4 is 41.8 Å². The Morgan fingerprint density at radius 2 is 1.57 bits per heavy atom. The molecule has 2 unspecified atom stereocenters. The van der Waals surface area contributed by atoms with Crippen molar-refractivity contribution in [1.29, 1.82) is 0 Å². The van der Waals surface area contributed by atoms with Crippen LogP contribution in [0.1, 0.15) is 94.6 Å². The maximum absolute atomic E-state index is 14.5. The van der Waals surface area contributed by atoms with Crippen molar-refractivity contribution in [3.8, 4) is 0 Å². The predicted molar refractivity (Wildman–Crippen MR) is 210 cm³/mol. The number of aliphatic hydroxyl groups is 2. The Bertz CT molecular complexity index is 2270. The average molecular weight is 885 g/mol. The smallest absolute Gasteiger partial charge is 0.340 e. The van der Waals surface area contributed by atoms with Crippen molar-refractivity contribution in [3.05, 3.63) is 63.8 Å². The monoisotopic (exact) mass is 884 g/mol. The Kier molecular flexibility index (Phi) is 12.4. The minimum absolute atomic E-state index is 0.0582. The molecule has 2 aromatic heterocycles. The number of pyridine rings is 2. The van der Waals surface area contributed by atoms with Crippen LogP contribution in [-0.4, -0.2) is 128 Å². The van der Waals surface area contributed by atoms with E-state index < -0.39 is 143 Å². The molecule has 2 aliphatic carbocycles. The average Bonchev–Trinajstić information content (AvgIpc) is 3.43. The summed E-state index contributed by atoms with van der Waals surface area (Å²) < 4.78 is 50.1. The molecule has 20 nitrogen and oxygen atoms in total. The van der Waals surface area contributed by atoms with Gasteiger partial charge in [0, 0.05) is 52.2 Å². The van der Waals surface area contributed by atoms with Crippen LogP contribution in [0.15, 0.2) is 41.5 Å². The summed E-state index contributed by atoms with van der Waals surface area (Å²) in [5.74, 6) is -11.8. The number of aryl methyl sites for hydroxylation is 1. The van der Waals surface area contributed by atoms with E-state index in [4.69, 9.17) is 37.9 Å². The maximum Gasteiger partial charge on any atom is 0.340 e. The molecule has 3 fully saturated rings. The number of aliphatic hydroxyl groups excluding tert-OH is 1. The number of fused-ring (bicyclic) bond motifs is 5. The number of hydrogen-bond donors (Lipinski definition) is 2. The van der Waals surface area contributed by atoms with E-state index in [2.05, 4.69) is 4.98 Å². The van der Waals surface area contributed by atoms with Gasteiger partial charge in [-0.25, -0.2) is 9.59 Å². The van der Waals surface area contributed by atoms with E-state index in [0.29, 0.717) is 0 Å². The minimum Gasteiger partial charge on any atom is -0.465 e. The Hall–Kier alpha value is -5.73. The molecular formula is C43H52N2O18. The number of ether oxygens (including phenoxy) is 8. The number of rotatable bonds is 8. The third-order valence-electron chi connectivity index (χ3n) is 12.9. The zero-order chi connectivity index (χ0) is 46.7. The van der Waals surface area contributed by atoms with Crippen LogP contribution in [0.3, 0.4) is 0 Å². The third-order valence-corrected chi connectivity index (χ3v) is 12.9. The van der Waals surface area contributed by atoms with Gasteiger partial charge in [-0.3, -0.25) is 33.8 Å². The molecule has 1 spiro atoms. The maximum atomic E-state index is 14.5. The number of nitrogens with zero attached hydrogens (tertiary/aromatic N) is 2. The largest absolute Gasteiger partial charge is 0.465 e. The lowest BCUT2D eigenvalue weighted by Gasteiger charge is -2.67. The van der Waals surface area contributed by atoms with Gasteiger partial charge in [-0.1, -0.05) is 27.7 Å². The van der Waals surface area contributed by atoms with Gasteiger partial charge in [-0.15, -0.1) is 0 Å². The van der Waals surface area contributed by atoms with E-state index >= 15 is 0 Å². The van der Waals surface area contributed by atoms with Crippen molar-refractivity contribution in [1.82, 2.24) is 9.55 Å². The molecule has 342 valence electrons. The van der Waals surface area contributed by atoms with Crippen LogP contribution >= 0.6 is 0 Å². The van der Waals surface area contributed by atoms with Crippen molar-refractivity contribution in [3.63, 3.8) is 0 Å². The van der Waals surface area contributed by atoms with Crippen LogP contribution < -0.4 is 5.56 Å². The molecule has 0 radical (unpaired) electrons. The lowest BCUT2D eigenvalue weighted by molar-refractivity contribution is -0.386. The third kappa shape index (κ3) is 7.54. The van der Waals surface area contributed by atoms with E-state index in [1.54, 1.807) is 6.92 Å². The van der Waals surface area contributed by atoms with Gasteiger partial charge >= 0.3 is 41.8 Å². The summed E-state index contributed by atoms with van der Waals surface area (Å²) >= 11 is 0. The summed E-state index contributed by atoms with van der Waals surface area (Å²) in [5.41, 5.74) is -11.2. The van der Waals surface area contributed by atoms with Crippen molar-refractivity contribution in [2.75, 3.05) is 13.2 Å². The highest BCUT2D eigenvalue weighted by atomic mass is 16.7. The minimum atomic E-state index is -2.90. The molecule has 4 aliphatic rings. The summed E-state index contributed by atoms with van der Waals surface area (Å²) in [7, 11) is 1.36. The Morgan fingerprint density at radius 1 is 0.905 bits per heavy atom. The summed E-state index contributed by atoms with van der Waals surface area (Å²) in [6.07, 6.45) is -10.2. The molecule has 4 bridgehead atoms. The molecule has 2 saturated carbocycles. The molecule has 0 aromatic carbocycles. The Morgan fingerprint density at radius 3 is 2.17 bits per heavy atom. The van der Waals surface area contributed by atoms with E-state index in [1.807, 2.05) is 0 Å². The van der Waals surface area contributed by atoms with Gasteiger partial charge in [0.15, 0.2) is 23.9 Å². The molecule has 13 atom stereocenters. The highest BCUT2D eigenvalue weighted by Crippen LogP contribution is 2.69. The van der Waals surface area contributed by atoms with Crippen LogP contribution in [0.25, 0.3) is 0 Å². The zero-order valence-electron chi connectivity index (χ0n) is 36.5. The predicted octanol–water partition coefficient (Wildman–Crippen LogP) is 1.09. The van der Waals surface area contributed by atoms with Gasteiger partial charge in [0.2, 0.25) is 5.56 Å². The van der Waals surface area contributed by atoms with Crippen molar-refractivity contribution < 1.29 is 81.7 Å². The van der Waals surface area contributed by atoms with Gasteiger partial charge in [-0.2, -0.15) is 0 Å². The molecule has 4 heterocycles. The summed E-state index contributed by atoms with van der Waals surface area (Å²) in [4.78, 5) is 113. The topological polar surface area (TPSA) is 269 Å². The number of hydrogen-bond acceptors (Lipinski definition) is 19. The fourth-order valence-corrected chi connectivity index (χ4v) is 9.72. The molecule has 63 heavy (non-hydrogen) atoms. The van der Waals surface area contributed by atoms with Gasteiger partial charge in [0.25, 0.3) is 0 Å². The zero-order valence-corrected chi connectivity index (χ0v) is 36.5. The summed E-state index contributed by atoms with van der Waals surface area (Å²) in [6, 6.07) is 5.07. The first-order valence-corrected chi connectivity index (χ1v) is 20.3. The molecule has 1 saturated heterocycles. The highest BCUT2D eigenvalue weighted by molar-refractivity contribution is 5.91. The van der Waals surface area contributed by atoms with Crippen LogP contribution in [0.2, 0.25) is 0 Å². The van der Waals surface area contributed by atoms with E-state index in [9.17, 15) is 48.6 Å². The number of aromatic nitrogens is 2. The van der Waals surface area contributed by atoms with E-state index in [0.717, 1.165) is 50.6 Å². The second-order valence-electron chi connectivity index (χ2n) is 17.4. The molecule has 2 N–H and O–H groups in total. The first-order valence-electron chi connectivity index (χ1n) is 20.3. The number of carbonyl (C=O) groups is 7. The van der Waals surface area contributed by atoms with E-state index in [1.165, 1.54) is 53.1 Å². The van der Waals surface area contributed by atoms with Gasteiger partial charge in [0.1, 0.15) is 48.1 Å². The fourth-order valence-electron chi connectivity index (χ4n) is 9.72. The summed E-state index contributed by atoms with van der Waals surface area (Å²) in [5, 5.41) is 26.9. The second-order valence-corrected chi connectivity index (χ2v) is 17.4. The normalized spacial score (nSPS) is 35.9. The highest BCUT2D eigenvalue weighted by Gasteiger charge is 2.91. The second kappa shape index (κ2) is 16.8. The van der Waals surface area contributed by atoms with Gasteiger partial charge < -0.3 is 52.7 Å². The van der Waals surface area contributed by atoms with Gasteiger partial charge in [0.05, 0.1) is 34.6 Å². The van der Waals surface area contributed by atoms with Crippen LogP contribution in [0.4, 0.5) is 0 Å². The van der Waals surface area contributed by atoms with Gasteiger partial charge in [-0.05, 0) is 32.0 Å². The summed E-state index contributed by atoms with van der Waals surface area (Å²) in [6.45, 7) is 9.55. The van der Waals surface area contributed by atoms with Crippen LogP contribution in [-0.2, 0) is 68.9 Å². The number of esters is 7. The molecule has 20 heteroatoms. The van der Waals surface area contributed by atoms with Crippen LogP contribution in [0.5, 0.6) is 0 Å². The molecular weight excluding hydrogens is 832 g/mol. The number of cyclic esters (lactones) is 1. The first kappa shape index (κ1) is 46.8. The fraction of sp³-hybridized carbons (Fsp3) is 0.605. The SMILES string of the molecule is CC(=O)OC[C@]12[C@H](OC(=O)C(C)C)[C@H](OC(C)=O)[C@@H]3[C@@H](OC(C)=O)[C@@]14O[C@@]3(C)COC(=O)c1cccnc1C(C)C(C)C(=O)O[C@@H]([C@H](OC(=O)c1ccc(=O)n(C)c1)[C@@H]2O)[C@]4(C)O. The van der Waals surface area contributed by atoms with Crippen molar-refractivity contribution in [2.45, 2.75) is 122 Å². The Balaban J connectivity index is 1.75. The lowest BCUT2D eigenvalue weighted by Crippen LogP contribution is -2.89. The van der Waals surface area contributed by atoms with E-state index in [-0.39, 0.29) is 16.8 Å². The standard InChI is InChI=1S/C43H52N2O18/c1-19(2)36(51)62-35-30(58-23(6)47)28-33(59-24(7)48)43-41(9,55)34(31(32(50)42(35,43)18-56-22(5)46)60-38(53)25-13-14-27(49)45(10)16-25)61-37(52)21(4)20(3)29-26(12-11-15-44-29)39(54)57-17-40(28,8)63-43/h11-16,19-21,28,30-35,50,55H,17-18H2,1-10H3/t20?,21?,28-,30-,31-,32+,33-,34+,35-,40+,41+,42+,43+/m1/s1.